The van der Waals surface area contributed by atoms with Gasteiger partial charge in [0.15, 0.2) is 0 Å². The van der Waals surface area contributed by atoms with Crippen LogP contribution in [0, 0.1) is 19.8 Å². The number of nitrogens with one attached hydrogen (secondary N) is 2. The summed E-state index contributed by atoms with van der Waals surface area (Å²) in [5.41, 5.74) is 1.50. The Labute approximate surface area is 142 Å². The van der Waals surface area contributed by atoms with E-state index in [-0.39, 0.29) is 29.8 Å². The van der Waals surface area contributed by atoms with Crippen LogP contribution in [-0.2, 0) is 19.6 Å². The minimum Gasteiger partial charge on any atom is -0.359 e. The molecule has 7 nitrogen and oxygen atoms in total. The van der Waals surface area contributed by atoms with Crippen LogP contribution in [0.5, 0.6) is 0 Å². The molecule has 2 atom stereocenters. The van der Waals surface area contributed by atoms with Gasteiger partial charge in [0.25, 0.3) is 0 Å². The topological polar surface area (TPSA) is 95.6 Å². The molecule has 0 bridgehead atoms. The highest BCUT2D eigenvalue weighted by atomic mass is 32.2. The van der Waals surface area contributed by atoms with E-state index in [4.69, 9.17) is 0 Å². The Morgan fingerprint density at radius 2 is 1.88 bits per heavy atom. The van der Waals surface area contributed by atoms with Crippen molar-refractivity contribution in [2.75, 3.05) is 20.1 Å². The molecular weight excluding hydrogens is 330 g/mol. The Bertz CT molecular complexity index is 761. The van der Waals surface area contributed by atoms with E-state index in [1.165, 1.54) is 18.3 Å². The van der Waals surface area contributed by atoms with Gasteiger partial charge in [0, 0.05) is 27.1 Å². The summed E-state index contributed by atoms with van der Waals surface area (Å²) in [5, 5.41) is 5.21. The highest BCUT2D eigenvalue weighted by molar-refractivity contribution is 7.89. The number of aryl methyl sites for hydroxylation is 2. The smallest absolute Gasteiger partial charge is 0.243 e. The lowest BCUT2D eigenvalue weighted by Gasteiger charge is -2.18. The molecular formula is C16H23N3O4S. The lowest BCUT2D eigenvalue weighted by Crippen LogP contribution is -2.44. The molecule has 1 aliphatic rings. The van der Waals surface area contributed by atoms with Crippen molar-refractivity contribution in [2.24, 2.45) is 5.92 Å². The Morgan fingerprint density at radius 1 is 1.21 bits per heavy atom. The van der Waals surface area contributed by atoms with Crippen molar-refractivity contribution in [2.45, 2.75) is 31.7 Å². The summed E-state index contributed by atoms with van der Waals surface area (Å²) in [6.45, 7) is 5.04. The zero-order valence-corrected chi connectivity index (χ0v) is 15.1. The average Bonchev–Trinajstić information content (AvgIpc) is 2.92. The molecule has 2 amide bonds. The van der Waals surface area contributed by atoms with Crippen LogP contribution < -0.4 is 10.6 Å². The zero-order valence-electron chi connectivity index (χ0n) is 14.3. The van der Waals surface area contributed by atoms with E-state index in [1.807, 2.05) is 13.0 Å². The fourth-order valence-electron chi connectivity index (χ4n) is 2.95. The minimum absolute atomic E-state index is 0.0420. The average molecular weight is 353 g/mol. The van der Waals surface area contributed by atoms with Gasteiger partial charge < -0.3 is 10.6 Å². The van der Waals surface area contributed by atoms with E-state index in [0.29, 0.717) is 5.56 Å². The van der Waals surface area contributed by atoms with Crippen molar-refractivity contribution >= 4 is 21.8 Å². The van der Waals surface area contributed by atoms with Gasteiger partial charge in [-0.2, -0.15) is 4.31 Å². The first-order valence-corrected chi connectivity index (χ1v) is 9.17. The van der Waals surface area contributed by atoms with E-state index in [1.54, 1.807) is 19.1 Å². The molecule has 24 heavy (non-hydrogen) atoms. The zero-order chi connectivity index (χ0) is 18.1. The molecule has 2 rings (SSSR count). The summed E-state index contributed by atoms with van der Waals surface area (Å²) in [4.78, 5) is 23.7. The molecule has 0 aliphatic carbocycles. The summed E-state index contributed by atoms with van der Waals surface area (Å²) in [6, 6.07) is 4.71. The number of carbonyl (C=O) groups excluding carboxylic acids is 2. The summed E-state index contributed by atoms with van der Waals surface area (Å²) in [5.74, 6) is -1.19. The molecule has 2 N–H and O–H groups in total. The van der Waals surface area contributed by atoms with Crippen molar-refractivity contribution in [1.82, 2.24) is 14.9 Å². The van der Waals surface area contributed by atoms with Crippen LogP contribution in [0.25, 0.3) is 0 Å². The van der Waals surface area contributed by atoms with Gasteiger partial charge in [0.2, 0.25) is 21.8 Å². The number of hydrogen-bond acceptors (Lipinski definition) is 4. The summed E-state index contributed by atoms with van der Waals surface area (Å²) < 4.78 is 27.2. The Hall–Kier alpha value is -1.93. The number of sulfonamides is 1. The monoisotopic (exact) mass is 353 g/mol. The largest absolute Gasteiger partial charge is 0.359 e. The van der Waals surface area contributed by atoms with Gasteiger partial charge in [-0.15, -0.1) is 0 Å². The first-order chi connectivity index (χ1) is 11.2. The molecule has 0 unspecified atom stereocenters. The van der Waals surface area contributed by atoms with Gasteiger partial charge >= 0.3 is 0 Å². The van der Waals surface area contributed by atoms with Gasteiger partial charge in [-0.05, 0) is 31.0 Å². The second-order valence-corrected chi connectivity index (χ2v) is 8.03. The normalized spacial score (nSPS) is 21.5. The maximum Gasteiger partial charge on any atom is 0.243 e. The van der Waals surface area contributed by atoms with E-state index < -0.39 is 22.0 Å². The number of nitrogens with zero attached hydrogens (tertiary/aromatic N) is 1. The second kappa shape index (κ2) is 6.90. The maximum atomic E-state index is 13.0. The van der Waals surface area contributed by atoms with Crippen LogP contribution in [0.3, 0.4) is 0 Å². The van der Waals surface area contributed by atoms with Crippen LogP contribution >= 0.6 is 0 Å². The predicted octanol–water partition coefficient (Wildman–Crippen LogP) is 0.175. The van der Waals surface area contributed by atoms with E-state index in [0.717, 1.165) is 5.56 Å². The molecule has 1 fully saturated rings. The standard InChI is InChI=1S/C16H23N3O4S/c1-10-5-6-11(2)15(7-10)24(22,23)19-8-13(16(21)17-4)14(9-19)18-12(3)20/h5-7,13-14H,8-9H2,1-4H3,(H,17,21)(H,18,20)/t13-,14-/m0/s1. The minimum atomic E-state index is -3.73. The van der Waals surface area contributed by atoms with Gasteiger partial charge in [-0.3, -0.25) is 9.59 Å². The van der Waals surface area contributed by atoms with Gasteiger partial charge in [0.1, 0.15) is 0 Å². The lowest BCUT2D eigenvalue weighted by atomic mass is 10.0. The third kappa shape index (κ3) is 3.59. The van der Waals surface area contributed by atoms with Crippen LogP contribution in [0.4, 0.5) is 0 Å². The number of hydrogen-bond donors (Lipinski definition) is 2. The maximum absolute atomic E-state index is 13.0. The number of rotatable bonds is 4. The molecule has 1 saturated heterocycles. The molecule has 1 aliphatic heterocycles. The molecule has 1 heterocycles. The second-order valence-electron chi connectivity index (χ2n) is 6.12. The molecule has 8 heteroatoms. The molecule has 0 spiro atoms. The fraction of sp³-hybridized carbons (Fsp3) is 0.500. The summed E-state index contributed by atoms with van der Waals surface area (Å²) in [6.07, 6.45) is 0. The van der Waals surface area contributed by atoms with Crippen molar-refractivity contribution < 1.29 is 18.0 Å². The summed E-state index contributed by atoms with van der Waals surface area (Å²) in [7, 11) is -2.24. The highest BCUT2D eigenvalue weighted by Crippen LogP contribution is 2.27. The third-order valence-corrected chi connectivity index (χ3v) is 6.19. The number of benzene rings is 1. The van der Waals surface area contributed by atoms with Gasteiger partial charge in [-0.25, -0.2) is 8.42 Å². The predicted molar refractivity (Wildman–Crippen MR) is 89.8 cm³/mol. The molecule has 132 valence electrons. The Balaban J connectivity index is 2.36. The number of amides is 2. The Kier molecular flexibility index (Phi) is 5.29. The van der Waals surface area contributed by atoms with Crippen molar-refractivity contribution in [3.8, 4) is 0 Å². The van der Waals surface area contributed by atoms with Crippen molar-refractivity contribution in [1.29, 1.82) is 0 Å². The highest BCUT2D eigenvalue weighted by Gasteiger charge is 2.43. The number of carbonyl (C=O) groups is 2. The van der Waals surface area contributed by atoms with E-state index >= 15 is 0 Å². The van der Waals surface area contributed by atoms with Crippen LogP contribution in [0.15, 0.2) is 23.1 Å². The molecule has 1 aromatic rings. The van der Waals surface area contributed by atoms with Gasteiger partial charge in [0.05, 0.1) is 16.9 Å². The first-order valence-electron chi connectivity index (χ1n) is 7.73. The van der Waals surface area contributed by atoms with Crippen molar-refractivity contribution in [3.05, 3.63) is 29.3 Å². The van der Waals surface area contributed by atoms with Gasteiger partial charge in [-0.1, -0.05) is 12.1 Å². The lowest BCUT2D eigenvalue weighted by molar-refractivity contribution is -0.125. The molecule has 0 aromatic heterocycles. The SMILES string of the molecule is CNC(=O)[C@H]1CN(S(=O)(=O)c2cc(C)ccc2C)C[C@@H]1NC(C)=O. The van der Waals surface area contributed by atoms with Crippen LogP contribution in [0.2, 0.25) is 0 Å². The van der Waals surface area contributed by atoms with E-state index in [9.17, 15) is 18.0 Å². The first kappa shape index (κ1) is 18.4. The van der Waals surface area contributed by atoms with Crippen LogP contribution in [-0.4, -0.2) is 50.7 Å². The molecule has 0 radical (unpaired) electrons. The summed E-state index contributed by atoms with van der Waals surface area (Å²) >= 11 is 0. The fourth-order valence-corrected chi connectivity index (χ4v) is 4.75. The third-order valence-electron chi connectivity index (χ3n) is 4.22. The quantitative estimate of drug-likeness (QED) is 0.807. The Morgan fingerprint density at radius 3 is 2.46 bits per heavy atom. The molecule has 1 aromatic carbocycles. The molecule has 0 saturated carbocycles. The van der Waals surface area contributed by atoms with Crippen LogP contribution in [0.1, 0.15) is 18.1 Å². The van der Waals surface area contributed by atoms with Crippen molar-refractivity contribution in [3.63, 3.8) is 0 Å². The van der Waals surface area contributed by atoms with E-state index in [2.05, 4.69) is 10.6 Å².